The van der Waals surface area contributed by atoms with E-state index in [0.717, 1.165) is 5.39 Å². The second-order valence-corrected chi connectivity index (χ2v) is 8.82. The number of ether oxygens (including phenoxy) is 1. The Morgan fingerprint density at radius 1 is 0.968 bits per heavy atom. The van der Waals surface area contributed by atoms with E-state index in [4.69, 9.17) is 9.15 Å². The highest BCUT2D eigenvalue weighted by atomic mass is 32.2. The Morgan fingerprint density at radius 3 is 2.45 bits per heavy atom. The molecule has 0 spiro atoms. The van der Waals surface area contributed by atoms with E-state index >= 15 is 0 Å². The molecule has 0 unspecified atom stereocenters. The van der Waals surface area contributed by atoms with Crippen molar-refractivity contribution >= 4 is 31.9 Å². The van der Waals surface area contributed by atoms with Crippen LogP contribution < -0.4 is 4.74 Å². The molecule has 0 aliphatic carbocycles. The quantitative estimate of drug-likeness (QED) is 0.431. The van der Waals surface area contributed by atoms with E-state index in [0.29, 0.717) is 27.8 Å². The van der Waals surface area contributed by atoms with E-state index in [1.165, 1.54) is 17.1 Å². The van der Waals surface area contributed by atoms with Gasteiger partial charge >= 0.3 is 0 Å². The lowest BCUT2D eigenvalue weighted by Gasteiger charge is -2.14. The van der Waals surface area contributed by atoms with Gasteiger partial charge in [-0.1, -0.05) is 48.5 Å². The fraction of sp³-hybridized carbons (Fsp3) is 0.0833. The van der Waals surface area contributed by atoms with E-state index in [-0.39, 0.29) is 16.3 Å². The maximum atomic E-state index is 13.8. The van der Waals surface area contributed by atoms with Gasteiger partial charge in [0.05, 0.1) is 24.9 Å². The van der Waals surface area contributed by atoms with Gasteiger partial charge in [-0.2, -0.15) is 0 Å². The van der Waals surface area contributed by atoms with Crippen LogP contribution >= 0.6 is 0 Å². The summed E-state index contributed by atoms with van der Waals surface area (Å²) in [5.41, 5.74) is 1.91. The van der Waals surface area contributed by atoms with Gasteiger partial charge < -0.3 is 14.3 Å². The number of aliphatic hydroxyl groups is 1. The van der Waals surface area contributed by atoms with Crippen molar-refractivity contribution in [3.8, 4) is 17.1 Å². The Morgan fingerprint density at radius 2 is 1.68 bits per heavy atom. The molecule has 2 heterocycles. The third kappa shape index (κ3) is 2.93. The van der Waals surface area contributed by atoms with E-state index in [1.807, 2.05) is 42.5 Å². The van der Waals surface area contributed by atoms with Crippen LogP contribution in [0.15, 0.2) is 88.2 Å². The minimum Gasteiger partial charge on any atom is -0.495 e. The molecule has 31 heavy (non-hydrogen) atoms. The largest absolute Gasteiger partial charge is 0.495 e. The number of furan rings is 1. The molecule has 5 aromatic rings. The molecule has 0 bridgehead atoms. The molecule has 6 nitrogen and oxygen atoms in total. The highest BCUT2D eigenvalue weighted by Gasteiger charge is 2.30. The second kappa shape index (κ2) is 7.30. The van der Waals surface area contributed by atoms with Crippen LogP contribution in [0.4, 0.5) is 0 Å². The summed E-state index contributed by atoms with van der Waals surface area (Å²) in [7, 11) is -2.65. The summed E-state index contributed by atoms with van der Waals surface area (Å²) < 4.78 is 40.0. The molecule has 7 heteroatoms. The summed E-state index contributed by atoms with van der Waals surface area (Å²) in [6.07, 6.45) is 0. The van der Waals surface area contributed by atoms with Crippen LogP contribution in [-0.2, 0) is 16.6 Å². The van der Waals surface area contributed by atoms with Crippen molar-refractivity contribution in [2.24, 2.45) is 0 Å². The summed E-state index contributed by atoms with van der Waals surface area (Å²) in [6.45, 7) is -0.491. The molecule has 2 aromatic heterocycles. The molecule has 5 rings (SSSR count). The third-order valence-corrected chi connectivity index (χ3v) is 7.13. The van der Waals surface area contributed by atoms with Crippen LogP contribution in [0.2, 0.25) is 0 Å². The topological polar surface area (TPSA) is 81.7 Å². The Labute approximate surface area is 179 Å². The van der Waals surface area contributed by atoms with E-state index < -0.39 is 16.6 Å². The Kier molecular flexibility index (Phi) is 4.57. The average Bonchev–Trinajstić information content (AvgIpc) is 3.37. The minimum absolute atomic E-state index is 0.0177. The van der Waals surface area contributed by atoms with Gasteiger partial charge in [0.2, 0.25) is 0 Å². The number of rotatable bonds is 5. The van der Waals surface area contributed by atoms with E-state index in [9.17, 15) is 13.5 Å². The van der Waals surface area contributed by atoms with Crippen molar-refractivity contribution in [1.82, 2.24) is 3.97 Å². The van der Waals surface area contributed by atoms with Gasteiger partial charge in [-0.05, 0) is 30.3 Å². The van der Waals surface area contributed by atoms with Crippen molar-refractivity contribution in [2.45, 2.75) is 11.5 Å². The van der Waals surface area contributed by atoms with Gasteiger partial charge in [-0.15, -0.1) is 0 Å². The van der Waals surface area contributed by atoms with Gasteiger partial charge in [-0.3, -0.25) is 0 Å². The van der Waals surface area contributed by atoms with Crippen molar-refractivity contribution in [3.63, 3.8) is 0 Å². The first kappa shape index (κ1) is 19.4. The number of aliphatic hydroxyl groups excluding tert-OH is 1. The summed E-state index contributed by atoms with van der Waals surface area (Å²) in [5, 5.41) is 11.9. The molecule has 1 N–H and O–H groups in total. The smallest absolute Gasteiger partial charge is 0.272 e. The predicted molar refractivity (Wildman–Crippen MR) is 119 cm³/mol. The number of hydrogen-bond donors (Lipinski definition) is 1. The Bertz CT molecular complexity index is 1500. The summed E-state index contributed by atoms with van der Waals surface area (Å²) in [5.74, 6) is 0.727. The maximum absolute atomic E-state index is 13.8. The van der Waals surface area contributed by atoms with Gasteiger partial charge in [0.15, 0.2) is 0 Å². The summed E-state index contributed by atoms with van der Waals surface area (Å²) in [6, 6.07) is 23.0. The zero-order valence-electron chi connectivity index (χ0n) is 16.6. The molecular weight excluding hydrogens is 414 g/mol. The van der Waals surface area contributed by atoms with Crippen molar-refractivity contribution in [3.05, 3.63) is 84.6 Å². The summed E-state index contributed by atoms with van der Waals surface area (Å²) in [4.78, 5) is 0.0177. The molecule has 3 aromatic carbocycles. The lowest BCUT2D eigenvalue weighted by molar-refractivity contribution is 0.276. The predicted octanol–water partition coefficient (Wildman–Crippen LogP) is 4.79. The molecule has 0 atom stereocenters. The number of para-hydroxylation sites is 3. The molecule has 0 saturated heterocycles. The van der Waals surface area contributed by atoms with Crippen molar-refractivity contribution in [1.29, 1.82) is 0 Å². The Hall–Kier alpha value is -3.55. The van der Waals surface area contributed by atoms with Crippen LogP contribution in [0, 0.1) is 0 Å². The first-order valence-electron chi connectivity index (χ1n) is 9.67. The first-order chi connectivity index (χ1) is 15.1. The van der Waals surface area contributed by atoms with Gasteiger partial charge in [0.25, 0.3) is 10.0 Å². The van der Waals surface area contributed by atoms with Gasteiger partial charge in [-0.25, -0.2) is 12.4 Å². The first-order valence-corrected chi connectivity index (χ1v) is 11.1. The van der Waals surface area contributed by atoms with Crippen molar-refractivity contribution in [2.75, 3.05) is 7.11 Å². The monoisotopic (exact) mass is 433 g/mol. The third-order valence-electron chi connectivity index (χ3n) is 5.33. The fourth-order valence-electron chi connectivity index (χ4n) is 3.99. The maximum Gasteiger partial charge on any atom is 0.272 e. The molecule has 0 aliphatic heterocycles. The number of benzene rings is 3. The number of fused-ring (bicyclic) bond motifs is 2. The minimum atomic E-state index is -4.08. The second-order valence-electron chi connectivity index (χ2n) is 7.07. The molecule has 0 aliphatic rings. The van der Waals surface area contributed by atoms with Crippen LogP contribution in [0.3, 0.4) is 0 Å². The van der Waals surface area contributed by atoms with E-state index in [1.54, 1.807) is 30.3 Å². The number of nitrogens with zero attached hydrogens (tertiary/aromatic N) is 1. The summed E-state index contributed by atoms with van der Waals surface area (Å²) >= 11 is 0. The number of hydrogen-bond acceptors (Lipinski definition) is 5. The van der Waals surface area contributed by atoms with Gasteiger partial charge in [0.1, 0.15) is 22.0 Å². The molecule has 156 valence electrons. The molecular formula is C24H19NO5S. The standard InChI is InChI=1S/C24H19NO5S/c1-29-21-12-6-7-13-23(21)31(27,28)25-18-10-4-3-9-17(18)24(19(25)15-26)22-14-16-8-2-5-11-20(16)30-22/h2-14,26H,15H2,1H3. The zero-order valence-corrected chi connectivity index (χ0v) is 17.5. The van der Waals surface area contributed by atoms with Crippen LogP contribution in [0.25, 0.3) is 33.2 Å². The SMILES string of the molecule is COc1ccccc1S(=O)(=O)n1c(CO)c(-c2cc3ccccc3o2)c2ccccc21. The van der Waals surface area contributed by atoms with E-state index in [2.05, 4.69) is 0 Å². The molecule has 0 radical (unpaired) electrons. The van der Waals surface area contributed by atoms with Crippen LogP contribution in [-0.4, -0.2) is 24.6 Å². The zero-order chi connectivity index (χ0) is 21.6. The Balaban J connectivity index is 1.87. The molecule has 0 fully saturated rings. The van der Waals surface area contributed by atoms with Crippen molar-refractivity contribution < 1.29 is 22.7 Å². The lowest BCUT2D eigenvalue weighted by atomic mass is 10.1. The van der Waals surface area contributed by atoms with Crippen LogP contribution in [0.1, 0.15) is 5.69 Å². The number of aromatic nitrogens is 1. The molecule has 0 amide bonds. The average molecular weight is 433 g/mol. The highest BCUT2D eigenvalue weighted by molar-refractivity contribution is 7.90. The normalized spacial score (nSPS) is 11.9. The van der Waals surface area contributed by atoms with Gasteiger partial charge in [0, 0.05) is 16.3 Å². The molecule has 0 saturated carbocycles. The highest BCUT2D eigenvalue weighted by Crippen LogP contribution is 2.40. The lowest BCUT2D eigenvalue weighted by Crippen LogP contribution is -2.17. The number of methoxy groups -OCH3 is 1. The fourth-order valence-corrected chi connectivity index (χ4v) is 5.70. The van der Waals surface area contributed by atoms with Crippen LogP contribution in [0.5, 0.6) is 5.75 Å².